The van der Waals surface area contributed by atoms with E-state index in [1.165, 1.54) is 11.3 Å². The zero-order valence-corrected chi connectivity index (χ0v) is 13.3. The summed E-state index contributed by atoms with van der Waals surface area (Å²) >= 11 is 1.52. The lowest BCUT2D eigenvalue weighted by Crippen LogP contribution is -2.12. The van der Waals surface area contributed by atoms with E-state index in [2.05, 4.69) is 16.2 Å². The fourth-order valence-corrected chi connectivity index (χ4v) is 2.90. The monoisotopic (exact) mass is 322 g/mol. The average molecular weight is 322 g/mol. The van der Waals surface area contributed by atoms with Gasteiger partial charge in [-0.1, -0.05) is 12.1 Å². The van der Waals surface area contributed by atoms with Gasteiger partial charge in [-0.2, -0.15) is 10.4 Å². The lowest BCUT2D eigenvalue weighted by molar-refractivity contribution is 0.575. The van der Waals surface area contributed by atoms with Crippen LogP contribution in [0, 0.1) is 11.3 Å². The summed E-state index contributed by atoms with van der Waals surface area (Å²) in [6.45, 7) is 2.67. The molecule has 0 unspecified atom stereocenters. The molecule has 1 aromatic carbocycles. The van der Waals surface area contributed by atoms with E-state index >= 15 is 0 Å². The van der Waals surface area contributed by atoms with Crippen LogP contribution in [0.3, 0.4) is 0 Å². The van der Waals surface area contributed by atoms with Crippen molar-refractivity contribution < 1.29 is 4.42 Å². The number of hydrogen-bond donors (Lipinski definition) is 0. The van der Waals surface area contributed by atoms with Crippen LogP contribution in [0.5, 0.6) is 0 Å². The summed E-state index contributed by atoms with van der Waals surface area (Å²) in [5, 5.41) is 15.3. The van der Waals surface area contributed by atoms with Crippen molar-refractivity contribution in [3.63, 3.8) is 0 Å². The van der Waals surface area contributed by atoms with Gasteiger partial charge in [-0.3, -0.25) is 4.99 Å². The highest BCUT2D eigenvalue weighted by Gasteiger charge is 2.09. The predicted octanol–water partition coefficient (Wildman–Crippen LogP) is 3.48. The van der Waals surface area contributed by atoms with Crippen molar-refractivity contribution in [3.8, 4) is 17.5 Å². The molecule has 0 aliphatic heterocycles. The molecule has 0 spiro atoms. The number of furan rings is 1. The molecule has 0 saturated heterocycles. The smallest absolute Gasteiger partial charge is 0.206 e. The molecule has 0 fully saturated rings. The molecule has 0 atom stereocenters. The van der Waals surface area contributed by atoms with Crippen molar-refractivity contribution in [2.75, 3.05) is 6.54 Å². The quantitative estimate of drug-likeness (QED) is 0.690. The summed E-state index contributed by atoms with van der Waals surface area (Å²) in [7, 11) is 0. The molecule has 0 amide bonds. The predicted molar refractivity (Wildman–Crippen MR) is 90.3 cm³/mol. The van der Waals surface area contributed by atoms with Gasteiger partial charge in [-0.05, 0) is 36.8 Å². The molecule has 0 saturated carbocycles. The second kappa shape index (κ2) is 6.90. The molecule has 0 aliphatic rings. The van der Waals surface area contributed by atoms with Gasteiger partial charge in [0.15, 0.2) is 5.76 Å². The second-order valence-corrected chi connectivity index (χ2v) is 5.48. The van der Waals surface area contributed by atoms with Crippen molar-refractivity contribution in [2.24, 2.45) is 10.1 Å². The molecule has 23 heavy (non-hydrogen) atoms. The molecule has 114 valence electrons. The van der Waals surface area contributed by atoms with Crippen LogP contribution in [0.25, 0.3) is 11.5 Å². The van der Waals surface area contributed by atoms with Gasteiger partial charge in [-0.15, -0.1) is 11.3 Å². The average Bonchev–Trinajstić information content (AvgIpc) is 3.23. The first kappa shape index (κ1) is 15.0. The molecule has 0 aliphatic carbocycles. The number of benzene rings is 1. The lowest BCUT2D eigenvalue weighted by atomic mass is 10.2. The Morgan fingerprint density at radius 2 is 2.13 bits per heavy atom. The van der Waals surface area contributed by atoms with Crippen LogP contribution < -0.4 is 4.80 Å². The molecule has 2 aromatic heterocycles. The van der Waals surface area contributed by atoms with Gasteiger partial charge in [0.25, 0.3) is 0 Å². The highest BCUT2D eigenvalue weighted by atomic mass is 32.1. The minimum Gasteiger partial charge on any atom is -0.463 e. The maximum atomic E-state index is 8.84. The number of nitriles is 1. The zero-order valence-electron chi connectivity index (χ0n) is 12.5. The van der Waals surface area contributed by atoms with Crippen LogP contribution in [0.1, 0.15) is 18.1 Å². The van der Waals surface area contributed by atoms with Crippen LogP contribution in [0.2, 0.25) is 0 Å². The van der Waals surface area contributed by atoms with E-state index in [1.54, 1.807) is 29.3 Å². The first-order chi connectivity index (χ1) is 11.3. The van der Waals surface area contributed by atoms with Crippen molar-refractivity contribution in [1.29, 1.82) is 5.26 Å². The Balaban J connectivity index is 2.00. The van der Waals surface area contributed by atoms with E-state index in [1.807, 2.05) is 36.6 Å². The maximum Gasteiger partial charge on any atom is 0.206 e. The van der Waals surface area contributed by atoms with Gasteiger partial charge in [0.2, 0.25) is 4.80 Å². The van der Waals surface area contributed by atoms with Crippen LogP contribution in [-0.2, 0) is 0 Å². The van der Waals surface area contributed by atoms with Crippen molar-refractivity contribution in [1.82, 2.24) is 4.68 Å². The topological polar surface area (TPSA) is 66.6 Å². The van der Waals surface area contributed by atoms with Crippen molar-refractivity contribution in [2.45, 2.75) is 6.92 Å². The van der Waals surface area contributed by atoms with E-state index in [-0.39, 0.29) is 0 Å². The number of aromatic nitrogens is 1. The summed E-state index contributed by atoms with van der Waals surface area (Å²) in [5.74, 6) is 0.746. The minimum absolute atomic E-state index is 0.628. The van der Waals surface area contributed by atoms with Crippen LogP contribution >= 0.6 is 11.3 Å². The molecule has 6 heteroatoms. The summed E-state index contributed by atoms with van der Waals surface area (Å²) < 4.78 is 7.24. The summed E-state index contributed by atoms with van der Waals surface area (Å²) in [4.78, 5) is 5.27. The Kier molecular flexibility index (Phi) is 4.50. The molecule has 0 N–H and O–H groups in total. The Bertz CT molecular complexity index is 909. The van der Waals surface area contributed by atoms with Crippen LogP contribution in [0.4, 0.5) is 0 Å². The molecule has 3 aromatic rings. The molecule has 0 bridgehead atoms. The molecule has 5 nitrogen and oxygen atoms in total. The van der Waals surface area contributed by atoms with E-state index in [4.69, 9.17) is 9.68 Å². The maximum absolute atomic E-state index is 8.84. The Labute approximate surface area is 137 Å². The Hall–Kier alpha value is -2.91. The SMILES string of the molecule is CCN=c1scc(-c2ccco2)n1N=Cc1ccc(C#N)cc1. The first-order valence-corrected chi connectivity index (χ1v) is 7.99. The number of hydrogen-bond acceptors (Lipinski definition) is 5. The summed E-state index contributed by atoms with van der Waals surface area (Å²) in [6, 6.07) is 13.1. The van der Waals surface area contributed by atoms with Gasteiger partial charge in [-0.25, -0.2) is 4.68 Å². The zero-order chi connectivity index (χ0) is 16.1. The largest absolute Gasteiger partial charge is 0.463 e. The van der Waals surface area contributed by atoms with Crippen molar-refractivity contribution in [3.05, 3.63) is 64.0 Å². The molecule has 0 radical (unpaired) electrons. The van der Waals surface area contributed by atoms with E-state index in [0.29, 0.717) is 12.1 Å². The van der Waals surface area contributed by atoms with Crippen molar-refractivity contribution >= 4 is 17.6 Å². The lowest BCUT2D eigenvalue weighted by Gasteiger charge is -2.00. The fourth-order valence-electron chi connectivity index (χ4n) is 2.02. The second-order valence-electron chi connectivity index (χ2n) is 4.65. The van der Waals surface area contributed by atoms with E-state index < -0.39 is 0 Å². The fraction of sp³-hybridized carbons (Fsp3) is 0.118. The van der Waals surface area contributed by atoms with Gasteiger partial charge in [0.05, 0.1) is 24.1 Å². The van der Waals surface area contributed by atoms with E-state index in [9.17, 15) is 0 Å². The number of nitrogens with zero attached hydrogens (tertiary/aromatic N) is 4. The molecular formula is C17H14N4OS. The standard InChI is InChI=1S/C17H14N4OS/c1-2-19-17-21(15(12-23-17)16-4-3-9-22-16)20-11-14-7-5-13(10-18)6-8-14/h3-9,11-12H,2H2,1H3. The Morgan fingerprint density at radius 1 is 1.30 bits per heavy atom. The molecule has 3 rings (SSSR count). The van der Waals surface area contributed by atoms with Crippen LogP contribution in [-0.4, -0.2) is 17.4 Å². The Morgan fingerprint density at radius 3 is 2.78 bits per heavy atom. The highest BCUT2D eigenvalue weighted by molar-refractivity contribution is 7.07. The van der Waals surface area contributed by atoms with Gasteiger partial charge < -0.3 is 4.42 Å². The van der Waals surface area contributed by atoms with Gasteiger partial charge in [0, 0.05) is 11.9 Å². The summed E-state index contributed by atoms with van der Waals surface area (Å²) in [6.07, 6.45) is 3.38. The normalized spacial score (nSPS) is 11.9. The molecule has 2 heterocycles. The third-order valence-corrected chi connectivity index (χ3v) is 3.97. The van der Waals surface area contributed by atoms with Gasteiger partial charge >= 0.3 is 0 Å². The highest BCUT2D eigenvalue weighted by Crippen LogP contribution is 2.20. The van der Waals surface area contributed by atoms with Gasteiger partial charge in [0.1, 0.15) is 5.69 Å². The number of thiazole rings is 1. The molecular weight excluding hydrogens is 308 g/mol. The van der Waals surface area contributed by atoms with Crippen LogP contribution in [0.15, 0.2) is 62.6 Å². The third kappa shape index (κ3) is 3.30. The summed E-state index contributed by atoms with van der Waals surface area (Å²) in [5.41, 5.74) is 2.40. The minimum atomic E-state index is 0.628. The van der Waals surface area contributed by atoms with E-state index in [0.717, 1.165) is 21.8 Å². The first-order valence-electron chi connectivity index (χ1n) is 7.11. The third-order valence-electron chi connectivity index (χ3n) is 3.11. The number of rotatable bonds is 4.